The summed E-state index contributed by atoms with van der Waals surface area (Å²) in [5.74, 6) is -0.191. The third-order valence-electron chi connectivity index (χ3n) is 2.99. The van der Waals surface area contributed by atoms with Crippen molar-refractivity contribution in [1.29, 1.82) is 0 Å². The Morgan fingerprint density at radius 2 is 1.86 bits per heavy atom. The van der Waals surface area contributed by atoms with Crippen LogP contribution in [0.5, 0.6) is 0 Å². The molecule has 1 saturated carbocycles. The minimum atomic E-state index is -0.358. The van der Waals surface area contributed by atoms with Gasteiger partial charge >= 0.3 is 0 Å². The van der Waals surface area contributed by atoms with Crippen LogP contribution in [0.15, 0.2) is 5.16 Å². The summed E-state index contributed by atoms with van der Waals surface area (Å²) in [7, 11) is 0. The molecule has 0 unspecified atom stereocenters. The number of rotatable bonds is 1. The Labute approximate surface area is 87.8 Å². The fourth-order valence-corrected chi connectivity index (χ4v) is 2.38. The van der Waals surface area contributed by atoms with E-state index in [0.717, 1.165) is 25.7 Å². The summed E-state index contributed by atoms with van der Waals surface area (Å²) < 4.78 is 11.2. The Bertz CT molecular complexity index is 228. The maximum atomic E-state index is 8.54. The van der Waals surface area contributed by atoms with Gasteiger partial charge in [-0.2, -0.15) is 0 Å². The largest absolute Gasteiger partial charge is 0.410 e. The van der Waals surface area contributed by atoms with Crippen molar-refractivity contribution in [2.75, 3.05) is 13.2 Å². The van der Waals surface area contributed by atoms with Gasteiger partial charge in [-0.05, 0) is 12.8 Å². The van der Waals surface area contributed by atoms with Crippen LogP contribution in [0.25, 0.3) is 0 Å². The van der Waals surface area contributed by atoms with Crippen LogP contribution in [-0.4, -0.2) is 29.4 Å². The number of halogens is 1. The van der Waals surface area contributed by atoms with Gasteiger partial charge in [0.2, 0.25) is 0 Å². The first-order chi connectivity index (χ1) is 6.76. The Kier molecular flexibility index (Phi) is 2.95. The first-order valence-corrected chi connectivity index (χ1v) is 5.29. The minimum Gasteiger partial charge on any atom is -0.410 e. The molecule has 0 aromatic carbocycles. The molecular formula is C9H14ClNO3. The Hall–Kier alpha value is -0.320. The van der Waals surface area contributed by atoms with E-state index in [1.807, 2.05) is 0 Å². The van der Waals surface area contributed by atoms with Crippen molar-refractivity contribution in [3.8, 4) is 0 Å². The van der Waals surface area contributed by atoms with Crippen LogP contribution in [0.2, 0.25) is 0 Å². The third-order valence-corrected chi connectivity index (χ3v) is 3.38. The van der Waals surface area contributed by atoms with Gasteiger partial charge in [0, 0.05) is 18.8 Å². The van der Waals surface area contributed by atoms with E-state index in [-0.39, 0.29) is 11.7 Å². The molecule has 0 aromatic rings. The number of hydrogen-bond acceptors (Lipinski definition) is 4. The zero-order valence-corrected chi connectivity index (χ0v) is 8.66. The molecule has 4 nitrogen and oxygen atoms in total. The van der Waals surface area contributed by atoms with E-state index in [1.54, 1.807) is 0 Å². The van der Waals surface area contributed by atoms with Gasteiger partial charge < -0.3 is 14.7 Å². The Balaban J connectivity index is 1.91. The number of oxime groups is 1. The van der Waals surface area contributed by atoms with Gasteiger partial charge in [-0.1, -0.05) is 16.8 Å². The van der Waals surface area contributed by atoms with E-state index in [1.165, 1.54) is 0 Å². The average molecular weight is 220 g/mol. The average Bonchev–Trinajstić information content (AvgIpc) is 2.67. The molecular weight excluding hydrogens is 206 g/mol. The fourth-order valence-electron chi connectivity index (χ4n) is 2.16. The summed E-state index contributed by atoms with van der Waals surface area (Å²) in [6.45, 7) is 1.37. The smallest absolute Gasteiger partial charge is 0.168 e. The predicted molar refractivity (Wildman–Crippen MR) is 51.7 cm³/mol. The summed E-state index contributed by atoms with van der Waals surface area (Å²) >= 11 is 5.76. The van der Waals surface area contributed by atoms with Crippen molar-refractivity contribution >= 4 is 16.8 Å². The molecule has 5 heteroatoms. The van der Waals surface area contributed by atoms with Crippen LogP contribution in [0.3, 0.4) is 0 Å². The van der Waals surface area contributed by atoms with Crippen molar-refractivity contribution in [1.82, 2.24) is 0 Å². The summed E-state index contributed by atoms with van der Waals surface area (Å²) in [5.41, 5.74) is 0. The number of ether oxygens (including phenoxy) is 2. The molecule has 2 fully saturated rings. The molecule has 0 atom stereocenters. The molecule has 80 valence electrons. The molecule has 1 N–H and O–H groups in total. The van der Waals surface area contributed by atoms with Crippen molar-refractivity contribution in [2.45, 2.75) is 31.5 Å². The Morgan fingerprint density at radius 3 is 2.36 bits per heavy atom. The standard InChI is InChI=1S/C9H14ClNO3/c10-8(11-12)7-1-3-9(4-2-7)13-5-6-14-9/h7,12H,1-6H2/b11-8-. The van der Waals surface area contributed by atoms with Crippen molar-refractivity contribution in [3.63, 3.8) is 0 Å². The lowest BCUT2D eigenvalue weighted by Gasteiger charge is -2.34. The quantitative estimate of drug-likeness (QED) is 0.417. The molecule has 0 radical (unpaired) electrons. The van der Waals surface area contributed by atoms with E-state index in [9.17, 15) is 0 Å². The number of hydrogen-bond donors (Lipinski definition) is 1. The molecule has 14 heavy (non-hydrogen) atoms. The summed E-state index contributed by atoms with van der Waals surface area (Å²) in [4.78, 5) is 0. The molecule has 0 amide bonds. The second kappa shape index (κ2) is 4.04. The molecule has 1 aliphatic heterocycles. The molecule has 0 aromatic heterocycles. The normalized spacial score (nSPS) is 28.5. The maximum Gasteiger partial charge on any atom is 0.168 e. The van der Waals surface area contributed by atoms with Crippen LogP contribution >= 0.6 is 11.6 Å². The van der Waals surface area contributed by atoms with Crippen molar-refractivity contribution in [2.24, 2.45) is 11.1 Å². The van der Waals surface area contributed by atoms with E-state index < -0.39 is 0 Å². The van der Waals surface area contributed by atoms with E-state index in [0.29, 0.717) is 18.4 Å². The molecule has 2 rings (SSSR count). The van der Waals surface area contributed by atoms with Gasteiger partial charge in [-0.25, -0.2) is 0 Å². The lowest BCUT2D eigenvalue weighted by Crippen LogP contribution is -2.36. The van der Waals surface area contributed by atoms with Gasteiger partial charge in [0.15, 0.2) is 5.79 Å². The highest BCUT2D eigenvalue weighted by atomic mass is 35.5. The molecule has 1 spiro atoms. The SMILES string of the molecule is O/N=C(\Cl)C1CCC2(CC1)OCCO2. The highest BCUT2D eigenvalue weighted by molar-refractivity contribution is 6.65. The summed E-state index contributed by atoms with van der Waals surface area (Å²) in [5, 5.41) is 11.9. The van der Waals surface area contributed by atoms with Gasteiger partial charge in [-0.15, -0.1) is 0 Å². The van der Waals surface area contributed by atoms with Gasteiger partial charge in [0.05, 0.1) is 13.2 Å². The molecule has 2 aliphatic rings. The molecule has 1 aliphatic carbocycles. The van der Waals surface area contributed by atoms with Gasteiger partial charge in [-0.3, -0.25) is 0 Å². The Morgan fingerprint density at radius 1 is 1.29 bits per heavy atom. The number of nitrogens with zero attached hydrogens (tertiary/aromatic N) is 1. The topological polar surface area (TPSA) is 51.1 Å². The minimum absolute atomic E-state index is 0.167. The zero-order valence-electron chi connectivity index (χ0n) is 7.91. The van der Waals surface area contributed by atoms with Crippen molar-refractivity contribution < 1.29 is 14.7 Å². The van der Waals surface area contributed by atoms with Crippen LogP contribution in [0.1, 0.15) is 25.7 Å². The third kappa shape index (κ3) is 1.87. The highest BCUT2D eigenvalue weighted by Gasteiger charge is 2.41. The van der Waals surface area contributed by atoms with Gasteiger partial charge in [0.1, 0.15) is 5.17 Å². The first kappa shape index (κ1) is 10.2. The molecule has 1 heterocycles. The monoisotopic (exact) mass is 219 g/mol. The maximum absolute atomic E-state index is 8.54. The van der Waals surface area contributed by atoms with Crippen LogP contribution < -0.4 is 0 Å². The molecule has 0 bridgehead atoms. The van der Waals surface area contributed by atoms with Crippen LogP contribution in [0.4, 0.5) is 0 Å². The van der Waals surface area contributed by atoms with E-state index in [4.69, 9.17) is 26.3 Å². The predicted octanol–water partition coefficient (Wildman–Crippen LogP) is 1.95. The lowest BCUT2D eigenvalue weighted by atomic mass is 9.86. The van der Waals surface area contributed by atoms with E-state index >= 15 is 0 Å². The van der Waals surface area contributed by atoms with Crippen LogP contribution in [0, 0.1) is 5.92 Å². The van der Waals surface area contributed by atoms with E-state index in [2.05, 4.69) is 5.16 Å². The summed E-state index contributed by atoms with van der Waals surface area (Å²) in [6, 6.07) is 0. The first-order valence-electron chi connectivity index (χ1n) is 4.91. The zero-order chi connectivity index (χ0) is 10.0. The second-order valence-electron chi connectivity index (χ2n) is 3.80. The highest BCUT2D eigenvalue weighted by Crippen LogP contribution is 2.39. The fraction of sp³-hybridized carbons (Fsp3) is 0.889. The van der Waals surface area contributed by atoms with Crippen molar-refractivity contribution in [3.05, 3.63) is 0 Å². The molecule has 1 saturated heterocycles. The van der Waals surface area contributed by atoms with Crippen LogP contribution in [-0.2, 0) is 9.47 Å². The lowest BCUT2D eigenvalue weighted by molar-refractivity contribution is -0.179. The summed E-state index contributed by atoms with van der Waals surface area (Å²) in [6.07, 6.45) is 3.40. The van der Waals surface area contributed by atoms with Gasteiger partial charge in [0.25, 0.3) is 0 Å². The second-order valence-corrected chi connectivity index (χ2v) is 4.19.